The van der Waals surface area contributed by atoms with Crippen LogP contribution in [0.15, 0.2) is 6.33 Å². The molecule has 0 unspecified atom stereocenters. The average molecular weight is 126 g/mol. The number of hydrogen-bond donors (Lipinski definition) is 2. The lowest BCUT2D eigenvalue weighted by Gasteiger charge is -1.88. The highest BCUT2D eigenvalue weighted by atomic mass is 16.2. The molecule has 0 aliphatic rings. The lowest BCUT2D eigenvalue weighted by molar-refractivity contribution is 0.0953. The second kappa shape index (κ2) is 2.25. The third kappa shape index (κ3) is 1.04. The van der Waals surface area contributed by atoms with Crippen molar-refractivity contribution in [2.45, 2.75) is 0 Å². The first kappa shape index (κ1) is 5.74. The van der Waals surface area contributed by atoms with Crippen LogP contribution in [-0.2, 0) is 0 Å². The van der Waals surface area contributed by atoms with E-state index in [0.717, 1.165) is 0 Å². The van der Waals surface area contributed by atoms with Crippen LogP contribution in [0.2, 0.25) is 0 Å². The van der Waals surface area contributed by atoms with Gasteiger partial charge in [-0.1, -0.05) is 0 Å². The molecule has 1 amide bonds. The Morgan fingerprint density at radius 1 is 1.89 bits per heavy atom. The maximum absolute atomic E-state index is 10.6. The van der Waals surface area contributed by atoms with Crippen LogP contribution in [0.25, 0.3) is 0 Å². The Morgan fingerprint density at radius 3 is 3.11 bits per heavy atom. The predicted octanol–water partition coefficient (Wildman–Crippen LogP) is -0.836. The highest BCUT2D eigenvalue weighted by Gasteiger charge is 2.03. The minimum absolute atomic E-state index is 0.234. The van der Waals surface area contributed by atoms with Crippen molar-refractivity contribution in [1.29, 1.82) is 0 Å². The van der Waals surface area contributed by atoms with E-state index in [1.165, 1.54) is 13.4 Å². The monoisotopic (exact) mass is 126 g/mol. The zero-order valence-electron chi connectivity index (χ0n) is 4.88. The SMILES string of the molecule is CNC(=O)c1nnc[nH]1. The number of H-pyrrole nitrogens is 1. The smallest absolute Gasteiger partial charge is 0.288 e. The predicted molar refractivity (Wildman–Crippen MR) is 29.8 cm³/mol. The second-order valence-electron chi connectivity index (χ2n) is 1.42. The van der Waals surface area contributed by atoms with Gasteiger partial charge in [0, 0.05) is 7.05 Å². The van der Waals surface area contributed by atoms with E-state index in [4.69, 9.17) is 0 Å². The molecule has 0 radical (unpaired) electrons. The maximum atomic E-state index is 10.6. The van der Waals surface area contributed by atoms with E-state index in [-0.39, 0.29) is 11.7 Å². The molecule has 1 aromatic rings. The van der Waals surface area contributed by atoms with Crippen LogP contribution in [0.1, 0.15) is 10.6 Å². The van der Waals surface area contributed by atoms with Crippen LogP contribution in [-0.4, -0.2) is 28.1 Å². The topological polar surface area (TPSA) is 70.7 Å². The fraction of sp³-hybridized carbons (Fsp3) is 0.250. The van der Waals surface area contributed by atoms with Gasteiger partial charge in [-0.2, -0.15) is 0 Å². The van der Waals surface area contributed by atoms with Crippen molar-refractivity contribution in [2.75, 3.05) is 7.05 Å². The highest BCUT2D eigenvalue weighted by molar-refractivity contribution is 5.89. The van der Waals surface area contributed by atoms with E-state index in [0.29, 0.717) is 0 Å². The van der Waals surface area contributed by atoms with Crippen molar-refractivity contribution < 1.29 is 4.79 Å². The Morgan fingerprint density at radius 2 is 2.67 bits per heavy atom. The van der Waals surface area contributed by atoms with Crippen molar-refractivity contribution in [1.82, 2.24) is 20.5 Å². The first-order chi connectivity index (χ1) is 4.34. The van der Waals surface area contributed by atoms with E-state index >= 15 is 0 Å². The molecule has 0 bridgehead atoms. The molecule has 5 nitrogen and oxygen atoms in total. The maximum Gasteiger partial charge on any atom is 0.288 e. The summed E-state index contributed by atoms with van der Waals surface area (Å²) < 4.78 is 0. The number of amides is 1. The molecule has 0 fully saturated rings. The number of nitrogens with zero attached hydrogens (tertiary/aromatic N) is 2. The third-order valence-electron chi connectivity index (χ3n) is 0.859. The number of aromatic amines is 1. The van der Waals surface area contributed by atoms with Gasteiger partial charge in [-0.15, -0.1) is 10.2 Å². The zero-order chi connectivity index (χ0) is 6.69. The number of carbonyl (C=O) groups is 1. The Bertz CT molecular complexity index is 192. The number of rotatable bonds is 1. The van der Waals surface area contributed by atoms with E-state index in [1.807, 2.05) is 0 Å². The van der Waals surface area contributed by atoms with E-state index in [2.05, 4.69) is 20.5 Å². The summed E-state index contributed by atoms with van der Waals surface area (Å²) in [6.45, 7) is 0. The van der Waals surface area contributed by atoms with Crippen molar-refractivity contribution in [3.63, 3.8) is 0 Å². The second-order valence-corrected chi connectivity index (χ2v) is 1.42. The van der Waals surface area contributed by atoms with Crippen LogP contribution in [0, 0.1) is 0 Å². The minimum Gasteiger partial charge on any atom is -0.352 e. The van der Waals surface area contributed by atoms with Crippen LogP contribution >= 0.6 is 0 Å². The molecule has 1 heterocycles. The van der Waals surface area contributed by atoms with Gasteiger partial charge >= 0.3 is 0 Å². The average Bonchev–Trinajstić information content (AvgIpc) is 2.37. The van der Waals surface area contributed by atoms with Crippen LogP contribution in [0.4, 0.5) is 0 Å². The minimum atomic E-state index is -0.257. The molecule has 0 saturated carbocycles. The largest absolute Gasteiger partial charge is 0.352 e. The molecule has 48 valence electrons. The van der Waals surface area contributed by atoms with Crippen molar-refractivity contribution >= 4 is 5.91 Å². The molecule has 0 spiro atoms. The molecule has 9 heavy (non-hydrogen) atoms. The number of hydrogen-bond acceptors (Lipinski definition) is 3. The molecule has 0 aromatic carbocycles. The van der Waals surface area contributed by atoms with Gasteiger partial charge in [-0.05, 0) is 0 Å². The lowest BCUT2D eigenvalue weighted by atomic mass is 10.6. The Labute approximate surface area is 51.5 Å². The van der Waals surface area contributed by atoms with E-state index in [9.17, 15) is 4.79 Å². The number of nitrogens with one attached hydrogen (secondary N) is 2. The van der Waals surface area contributed by atoms with Gasteiger partial charge in [0.1, 0.15) is 6.33 Å². The summed E-state index contributed by atoms with van der Waals surface area (Å²) in [6, 6.07) is 0. The summed E-state index contributed by atoms with van der Waals surface area (Å²) in [7, 11) is 1.53. The Balaban J connectivity index is 2.77. The van der Waals surface area contributed by atoms with Gasteiger partial charge in [0.25, 0.3) is 5.91 Å². The Hall–Kier alpha value is -1.39. The first-order valence-corrected chi connectivity index (χ1v) is 2.42. The van der Waals surface area contributed by atoms with E-state index < -0.39 is 0 Å². The van der Waals surface area contributed by atoms with Crippen LogP contribution in [0.5, 0.6) is 0 Å². The molecule has 0 atom stereocenters. The van der Waals surface area contributed by atoms with Crippen molar-refractivity contribution in [3.8, 4) is 0 Å². The first-order valence-electron chi connectivity index (χ1n) is 2.42. The third-order valence-corrected chi connectivity index (χ3v) is 0.859. The number of carbonyl (C=O) groups excluding carboxylic acids is 1. The Kier molecular flexibility index (Phi) is 1.44. The summed E-state index contributed by atoms with van der Waals surface area (Å²) >= 11 is 0. The molecular formula is C4H6N4O. The van der Waals surface area contributed by atoms with E-state index in [1.54, 1.807) is 0 Å². The zero-order valence-corrected chi connectivity index (χ0v) is 4.88. The van der Waals surface area contributed by atoms with Crippen molar-refractivity contribution in [3.05, 3.63) is 12.2 Å². The molecule has 1 aromatic heterocycles. The fourth-order valence-corrected chi connectivity index (χ4v) is 0.435. The normalized spacial score (nSPS) is 9.00. The molecule has 2 N–H and O–H groups in total. The molecule has 0 aliphatic heterocycles. The van der Waals surface area contributed by atoms with Gasteiger partial charge in [-0.3, -0.25) is 4.79 Å². The van der Waals surface area contributed by atoms with Crippen molar-refractivity contribution in [2.24, 2.45) is 0 Å². The molecule has 0 aliphatic carbocycles. The number of aromatic nitrogens is 3. The van der Waals surface area contributed by atoms with Gasteiger partial charge in [0.2, 0.25) is 5.82 Å². The van der Waals surface area contributed by atoms with Gasteiger partial charge < -0.3 is 10.3 Å². The van der Waals surface area contributed by atoms with Crippen LogP contribution < -0.4 is 5.32 Å². The van der Waals surface area contributed by atoms with Crippen LogP contribution in [0.3, 0.4) is 0 Å². The summed E-state index contributed by atoms with van der Waals surface area (Å²) in [5.74, 6) is -0.0231. The molecule has 5 heteroatoms. The molecule has 1 rings (SSSR count). The van der Waals surface area contributed by atoms with Gasteiger partial charge in [0.15, 0.2) is 0 Å². The van der Waals surface area contributed by atoms with Gasteiger partial charge in [0.05, 0.1) is 0 Å². The molecule has 0 saturated heterocycles. The standard InChI is InChI=1S/C4H6N4O/c1-5-4(9)3-6-2-7-8-3/h2H,1H3,(H,5,9)(H,6,7,8). The summed E-state index contributed by atoms with van der Waals surface area (Å²) in [5.41, 5.74) is 0. The molecular weight excluding hydrogens is 120 g/mol. The summed E-state index contributed by atoms with van der Waals surface area (Å²) in [5, 5.41) is 9.29. The quantitative estimate of drug-likeness (QED) is 0.515. The fourth-order valence-electron chi connectivity index (χ4n) is 0.435. The highest BCUT2D eigenvalue weighted by Crippen LogP contribution is 1.81. The summed E-state index contributed by atoms with van der Waals surface area (Å²) in [4.78, 5) is 13.2. The van der Waals surface area contributed by atoms with Gasteiger partial charge in [-0.25, -0.2) is 0 Å². The lowest BCUT2D eigenvalue weighted by Crippen LogP contribution is -2.19. The summed E-state index contributed by atoms with van der Waals surface area (Å²) in [6.07, 6.45) is 1.35.